The smallest absolute Gasteiger partial charge is 0.272 e. The molecule has 1 aromatic heterocycles. The Morgan fingerprint density at radius 2 is 2.31 bits per heavy atom. The minimum atomic E-state index is 0.0129. The van der Waals surface area contributed by atoms with Gasteiger partial charge in [0.05, 0.1) is 0 Å². The van der Waals surface area contributed by atoms with Gasteiger partial charge in [0.15, 0.2) is 0 Å². The molecular formula is C11H20N4O. The van der Waals surface area contributed by atoms with E-state index in [1.165, 1.54) is 0 Å². The second-order valence-electron chi connectivity index (χ2n) is 3.77. The Morgan fingerprint density at radius 3 is 2.81 bits per heavy atom. The largest absolute Gasteiger partial charge is 0.336 e. The number of hydrogen-bond acceptors (Lipinski definition) is 3. The van der Waals surface area contributed by atoms with Crippen molar-refractivity contribution in [3.63, 3.8) is 0 Å². The van der Waals surface area contributed by atoms with Crippen LogP contribution in [-0.4, -0.2) is 40.2 Å². The molecule has 90 valence electrons. The van der Waals surface area contributed by atoms with Crippen LogP contribution >= 0.6 is 0 Å². The van der Waals surface area contributed by atoms with Gasteiger partial charge in [-0.15, -0.1) is 0 Å². The molecule has 0 bridgehead atoms. The quantitative estimate of drug-likeness (QED) is 0.770. The summed E-state index contributed by atoms with van der Waals surface area (Å²) in [6.07, 6.45) is 3.71. The highest BCUT2D eigenvalue weighted by molar-refractivity contribution is 5.92. The maximum Gasteiger partial charge on any atom is 0.272 e. The van der Waals surface area contributed by atoms with Crippen molar-refractivity contribution in [2.75, 3.05) is 19.6 Å². The van der Waals surface area contributed by atoms with Crippen molar-refractivity contribution in [3.05, 3.63) is 18.0 Å². The molecule has 16 heavy (non-hydrogen) atoms. The third-order valence-corrected chi connectivity index (χ3v) is 2.51. The molecule has 5 heteroatoms. The zero-order valence-corrected chi connectivity index (χ0v) is 10.0. The lowest BCUT2D eigenvalue weighted by Crippen LogP contribution is -2.37. The van der Waals surface area contributed by atoms with Crippen LogP contribution in [0.5, 0.6) is 0 Å². The highest BCUT2D eigenvalue weighted by Gasteiger charge is 2.17. The number of aromatic nitrogens is 2. The molecule has 0 radical (unpaired) electrons. The number of nitrogens with zero attached hydrogens (tertiary/aromatic N) is 3. The van der Waals surface area contributed by atoms with Gasteiger partial charge in [-0.05, 0) is 12.5 Å². The number of rotatable bonds is 6. The highest BCUT2D eigenvalue weighted by atomic mass is 16.2. The Bertz CT molecular complexity index is 334. The molecule has 0 saturated heterocycles. The topological polar surface area (TPSA) is 64.2 Å². The van der Waals surface area contributed by atoms with Crippen LogP contribution in [0.4, 0.5) is 0 Å². The van der Waals surface area contributed by atoms with E-state index in [1.807, 2.05) is 0 Å². The first-order valence-electron chi connectivity index (χ1n) is 5.68. The minimum Gasteiger partial charge on any atom is -0.336 e. The molecule has 1 amide bonds. The summed E-state index contributed by atoms with van der Waals surface area (Å²) >= 11 is 0. The van der Waals surface area contributed by atoms with E-state index in [-0.39, 0.29) is 5.91 Å². The fraction of sp³-hybridized carbons (Fsp3) is 0.636. The van der Waals surface area contributed by atoms with Gasteiger partial charge in [-0.3, -0.25) is 9.48 Å². The molecule has 0 saturated carbocycles. The molecule has 1 aromatic rings. The molecule has 0 aliphatic carbocycles. The summed E-state index contributed by atoms with van der Waals surface area (Å²) in [5, 5.41) is 4.00. The van der Waals surface area contributed by atoms with Gasteiger partial charge in [-0.25, -0.2) is 0 Å². The van der Waals surface area contributed by atoms with Crippen LogP contribution in [0, 0.1) is 0 Å². The van der Waals surface area contributed by atoms with Crippen LogP contribution in [0.2, 0.25) is 0 Å². The summed E-state index contributed by atoms with van der Waals surface area (Å²) in [6, 6.07) is 1.73. The zero-order chi connectivity index (χ0) is 12.0. The van der Waals surface area contributed by atoms with Crippen LogP contribution in [0.1, 0.15) is 30.3 Å². The molecule has 1 heterocycles. The van der Waals surface area contributed by atoms with Gasteiger partial charge in [0.2, 0.25) is 0 Å². The standard InChI is InChI=1S/C11H20N4O/c1-3-4-8-15(9-6-12)11(16)10-5-7-13-14(10)2/h5,7H,3-4,6,8-9,12H2,1-2H3. The SMILES string of the molecule is CCCCN(CCN)C(=O)c1ccnn1C. The Kier molecular flexibility index (Phi) is 4.98. The van der Waals surface area contributed by atoms with E-state index in [0.29, 0.717) is 18.8 Å². The van der Waals surface area contributed by atoms with Crippen molar-refractivity contribution < 1.29 is 4.79 Å². The third-order valence-electron chi connectivity index (χ3n) is 2.51. The lowest BCUT2D eigenvalue weighted by atomic mass is 10.3. The van der Waals surface area contributed by atoms with Crippen LogP contribution < -0.4 is 5.73 Å². The van der Waals surface area contributed by atoms with Crippen molar-refractivity contribution in [1.82, 2.24) is 14.7 Å². The van der Waals surface area contributed by atoms with Crippen molar-refractivity contribution in [1.29, 1.82) is 0 Å². The maximum atomic E-state index is 12.1. The Hall–Kier alpha value is -1.36. The molecule has 1 rings (SSSR count). The average Bonchev–Trinajstić information content (AvgIpc) is 2.69. The van der Waals surface area contributed by atoms with Crippen molar-refractivity contribution in [2.45, 2.75) is 19.8 Å². The van der Waals surface area contributed by atoms with Gasteiger partial charge in [0.1, 0.15) is 5.69 Å². The first kappa shape index (κ1) is 12.7. The molecule has 5 nitrogen and oxygen atoms in total. The number of unbranched alkanes of at least 4 members (excludes halogenated alkanes) is 1. The normalized spacial score (nSPS) is 10.4. The van der Waals surface area contributed by atoms with Crippen LogP contribution in [0.3, 0.4) is 0 Å². The average molecular weight is 224 g/mol. The lowest BCUT2D eigenvalue weighted by molar-refractivity contribution is 0.0747. The van der Waals surface area contributed by atoms with Crippen molar-refractivity contribution in [2.24, 2.45) is 12.8 Å². The van der Waals surface area contributed by atoms with E-state index in [2.05, 4.69) is 12.0 Å². The first-order chi connectivity index (χ1) is 7.70. The summed E-state index contributed by atoms with van der Waals surface area (Å²) in [5.74, 6) is 0.0129. The second-order valence-corrected chi connectivity index (χ2v) is 3.77. The zero-order valence-electron chi connectivity index (χ0n) is 10.0. The van der Waals surface area contributed by atoms with Gasteiger partial charge in [0.25, 0.3) is 5.91 Å². The highest BCUT2D eigenvalue weighted by Crippen LogP contribution is 2.04. The van der Waals surface area contributed by atoms with Gasteiger partial charge in [0, 0.05) is 32.9 Å². The molecule has 0 unspecified atom stereocenters. The predicted octanol–water partition coefficient (Wildman–Crippen LogP) is 0.621. The van der Waals surface area contributed by atoms with Crippen LogP contribution in [0.25, 0.3) is 0 Å². The number of carbonyl (C=O) groups excluding carboxylic acids is 1. The van der Waals surface area contributed by atoms with E-state index in [1.54, 1.807) is 28.9 Å². The van der Waals surface area contributed by atoms with Crippen LogP contribution in [-0.2, 0) is 7.05 Å². The van der Waals surface area contributed by atoms with E-state index < -0.39 is 0 Å². The van der Waals surface area contributed by atoms with Gasteiger partial charge in [-0.1, -0.05) is 13.3 Å². The monoisotopic (exact) mass is 224 g/mol. The predicted molar refractivity (Wildman–Crippen MR) is 63.1 cm³/mol. The van der Waals surface area contributed by atoms with Gasteiger partial charge < -0.3 is 10.6 Å². The van der Waals surface area contributed by atoms with Crippen molar-refractivity contribution in [3.8, 4) is 0 Å². The summed E-state index contributed by atoms with van der Waals surface area (Å²) in [7, 11) is 1.77. The molecule has 0 fully saturated rings. The molecule has 2 N–H and O–H groups in total. The Balaban J connectivity index is 2.70. The fourth-order valence-electron chi connectivity index (χ4n) is 1.57. The van der Waals surface area contributed by atoms with Crippen LogP contribution in [0.15, 0.2) is 12.3 Å². The number of hydrogen-bond donors (Lipinski definition) is 1. The van der Waals surface area contributed by atoms with E-state index in [4.69, 9.17) is 5.73 Å². The van der Waals surface area contributed by atoms with E-state index in [0.717, 1.165) is 19.4 Å². The molecule has 0 aliphatic rings. The molecule has 0 aliphatic heterocycles. The molecular weight excluding hydrogens is 204 g/mol. The first-order valence-corrected chi connectivity index (χ1v) is 5.68. The number of amides is 1. The fourth-order valence-corrected chi connectivity index (χ4v) is 1.57. The number of nitrogens with two attached hydrogens (primary N) is 1. The van der Waals surface area contributed by atoms with E-state index in [9.17, 15) is 4.79 Å². The lowest BCUT2D eigenvalue weighted by Gasteiger charge is -2.21. The molecule has 0 atom stereocenters. The van der Waals surface area contributed by atoms with E-state index >= 15 is 0 Å². The third kappa shape index (κ3) is 3.06. The maximum absolute atomic E-state index is 12.1. The summed E-state index contributed by atoms with van der Waals surface area (Å²) in [4.78, 5) is 13.9. The number of carbonyl (C=O) groups is 1. The van der Waals surface area contributed by atoms with Gasteiger partial charge in [-0.2, -0.15) is 5.10 Å². The summed E-state index contributed by atoms with van der Waals surface area (Å²) < 4.78 is 1.60. The number of aryl methyl sites for hydroxylation is 1. The molecule has 0 spiro atoms. The van der Waals surface area contributed by atoms with Gasteiger partial charge >= 0.3 is 0 Å². The summed E-state index contributed by atoms with van der Waals surface area (Å²) in [5.41, 5.74) is 6.13. The second kappa shape index (κ2) is 6.27. The Labute approximate surface area is 96.2 Å². The minimum absolute atomic E-state index is 0.0129. The molecule has 0 aromatic carbocycles. The Morgan fingerprint density at radius 1 is 1.56 bits per heavy atom. The van der Waals surface area contributed by atoms with Crippen molar-refractivity contribution >= 4 is 5.91 Å². The summed E-state index contributed by atoms with van der Waals surface area (Å²) in [6.45, 7) is 3.96.